The van der Waals surface area contributed by atoms with E-state index in [1.165, 1.54) is 0 Å². The number of hydrogen-bond acceptors (Lipinski definition) is 3. The maximum Gasteiger partial charge on any atom is 0.326 e. The van der Waals surface area contributed by atoms with E-state index < -0.39 is 24.1 Å². The number of carbonyl (C=O) groups excluding carboxylic acids is 1. The van der Waals surface area contributed by atoms with Crippen molar-refractivity contribution >= 4 is 17.7 Å². The number of β-amino-alcohol motifs (C(OH)–C–C–N with tert-alkyl or cyclic N) is 1. The van der Waals surface area contributed by atoms with Gasteiger partial charge in [0.05, 0.1) is 6.10 Å². The smallest absolute Gasteiger partial charge is 0.326 e. The van der Waals surface area contributed by atoms with Gasteiger partial charge in [0.15, 0.2) is 0 Å². The Hall–Kier alpha value is -2.08. The number of carboxylic acid groups (broad SMARTS) is 1. The molecule has 0 aromatic heterocycles. The van der Waals surface area contributed by atoms with E-state index in [0.717, 1.165) is 16.0 Å². The molecule has 0 bridgehead atoms. The number of nitrogens with one attached hydrogen (secondary N) is 1. The molecule has 1 fully saturated rings. The zero-order valence-electron chi connectivity index (χ0n) is 11.5. The second-order valence-electron chi connectivity index (χ2n) is 5.20. The molecule has 0 spiro atoms. The van der Waals surface area contributed by atoms with Crippen LogP contribution in [-0.4, -0.2) is 45.8 Å². The third-order valence-electron chi connectivity index (χ3n) is 3.30. The van der Waals surface area contributed by atoms with Gasteiger partial charge in [0.2, 0.25) is 0 Å². The van der Waals surface area contributed by atoms with Crippen molar-refractivity contribution in [1.29, 1.82) is 0 Å². The van der Waals surface area contributed by atoms with Crippen LogP contribution in [0.4, 0.5) is 10.5 Å². The van der Waals surface area contributed by atoms with Gasteiger partial charge in [0.25, 0.3) is 0 Å². The first-order valence-corrected chi connectivity index (χ1v) is 6.43. The van der Waals surface area contributed by atoms with Gasteiger partial charge in [-0.2, -0.15) is 0 Å². The Morgan fingerprint density at radius 3 is 2.40 bits per heavy atom. The standard InChI is InChI=1S/C14H18N2O4/c1-8-3-9(2)5-10(4-8)15-14(20)16-7-11(17)6-12(16)13(18)19/h3-5,11-12,17H,6-7H2,1-2H3,(H,15,20)(H,18,19)/t11-,12-/m0/s1. The van der Waals surface area contributed by atoms with E-state index in [0.29, 0.717) is 5.69 Å². The van der Waals surface area contributed by atoms with E-state index in [2.05, 4.69) is 5.32 Å². The van der Waals surface area contributed by atoms with E-state index in [1.807, 2.05) is 32.0 Å². The summed E-state index contributed by atoms with van der Waals surface area (Å²) >= 11 is 0. The van der Waals surface area contributed by atoms with Crippen LogP contribution in [0.2, 0.25) is 0 Å². The number of aliphatic carboxylic acids is 1. The molecule has 0 aliphatic carbocycles. The van der Waals surface area contributed by atoms with Gasteiger partial charge in [-0.1, -0.05) is 6.07 Å². The molecule has 0 radical (unpaired) electrons. The Labute approximate surface area is 117 Å². The highest BCUT2D eigenvalue weighted by atomic mass is 16.4. The predicted octanol–water partition coefficient (Wildman–Crippen LogP) is 1.36. The average Bonchev–Trinajstić information content (AvgIpc) is 2.70. The summed E-state index contributed by atoms with van der Waals surface area (Å²) in [6, 6.07) is 4.13. The fourth-order valence-corrected chi connectivity index (χ4v) is 2.51. The first-order chi connectivity index (χ1) is 9.36. The molecule has 6 nitrogen and oxygen atoms in total. The van der Waals surface area contributed by atoms with Crippen LogP contribution < -0.4 is 5.32 Å². The van der Waals surface area contributed by atoms with Crippen molar-refractivity contribution in [3.05, 3.63) is 29.3 Å². The number of aryl methyl sites for hydroxylation is 2. The van der Waals surface area contributed by atoms with Crippen LogP contribution in [0, 0.1) is 13.8 Å². The van der Waals surface area contributed by atoms with Crippen LogP contribution in [0.1, 0.15) is 17.5 Å². The van der Waals surface area contributed by atoms with E-state index in [4.69, 9.17) is 5.11 Å². The lowest BCUT2D eigenvalue weighted by Crippen LogP contribution is -2.43. The molecule has 1 aromatic carbocycles. The number of aliphatic hydroxyl groups is 1. The van der Waals surface area contributed by atoms with Gasteiger partial charge in [-0.25, -0.2) is 9.59 Å². The molecule has 1 heterocycles. The highest BCUT2D eigenvalue weighted by molar-refractivity contribution is 5.93. The van der Waals surface area contributed by atoms with Crippen molar-refractivity contribution in [2.75, 3.05) is 11.9 Å². The molecule has 0 unspecified atom stereocenters. The molecule has 1 aliphatic rings. The number of urea groups is 1. The third-order valence-corrected chi connectivity index (χ3v) is 3.30. The Morgan fingerprint density at radius 1 is 1.25 bits per heavy atom. The van der Waals surface area contributed by atoms with Gasteiger partial charge in [-0.15, -0.1) is 0 Å². The monoisotopic (exact) mass is 278 g/mol. The minimum Gasteiger partial charge on any atom is -0.480 e. The van der Waals surface area contributed by atoms with Crippen molar-refractivity contribution in [1.82, 2.24) is 4.90 Å². The molecule has 1 aromatic rings. The first kappa shape index (κ1) is 14.3. The molecule has 1 aliphatic heterocycles. The largest absolute Gasteiger partial charge is 0.480 e. The van der Waals surface area contributed by atoms with Crippen LogP contribution in [0.25, 0.3) is 0 Å². The summed E-state index contributed by atoms with van der Waals surface area (Å²) in [5.74, 6) is -1.10. The predicted molar refractivity (Wildman–Crippen MR) is 73.7 cm³/mol. The number of nitrogens with zero attached hydrogens (tertiary/aromatic N) is 1. The molecular weight excluding hydrogens is 260 g/mol. The number of rotatable bonds is 2. The number of carbonyl (C=O) groups is 2. The summed E-state index contributed by atoms with van der Waals surface area (Å²) in [5, 5.41) is 21.3. The van der Waals surface area contributed by atoms with Crippen LogP contribution in [0.15, 0.2) is 18.2 Å². The van der Waals surface area contributed by atoms with Gasteiger partial charge in [0, 0.05) is 18.7 Å². The van der Waals surface area contributed by atoms with Crippen LogP contribution in [-0.2, 0) is 4.79 Å². The van der Waals surface area contributed by atoms with Crippen molar-refractivity contribution in [3.63, 3.8) is 0 Å². The molecule has 6 heteroatoms. The van der Waals surface area contributed by atoms with E-state index in [9.17, 15) is 14.7 Å². The molecule has 108 valence electrons. The van der Waals surface area contributed by atoms with Gasteiger partial charge < -0.3 is 20.4 Å². The van der Waals surface area contributed by atoms with Crippen molar-refractivity contribution in [2.24, 2.45) is 0 Å². The fourth-order valence-electron chi connectivity index (χ4n) is 2.51. The number of hydrogen-bond donors (Lipinski definition) is 3. The maximum atomic E-state index is 12.1. The summed E-state index contributed by atoms with van der Waals surface area (Å²) in [6.45, 7) is 3.87. The number of carboxylic acids is 1. The normalized spacial score (nSPS) is 21.9. The van der Waals surface area contributed by atoms with Gasteiger partial charge in [0.1, 0.15) is 6.04 Å². The lowest BCUT2D eigenvalue weighted by Gasteiger charge is -2.21. The maximum absolute atomic E-state index is 12.1. The van der Waals surface area contributed by atoms with Crippen LogP contribution in [0.5, 0.6) is 0 Å². The molecule has 2 amide bonds. The van der Waals surface area contributed by atoms with Crippen molar-refractivity contribution in [3.8, 4) is 0 Å². The molecule has 2 atom stereocenters. The summed E-state index contributed by atoms with van der Waals surface area (Å²) in [6.07, 6.45) is -0.726. The number of anilines is 1. The number of aliphatic hydroxyl groups excluding tert-OH is 1. The van der Waals surface area contributed by atoms with Gasteiger partial charge in [-0.05, 0) is 37.1 Å². The van der Waals surface area contributed by atoms with E-state index in [1.54, 1.807) is 0 Å². The Morgan fingerprint density at radius 2 is 1.85 bits per heavy atom. The van der Waals surface area contributed by atoms with Crippen molar-refractivity contribution in [2.45, 2.75) is 32.4 Å². The minimum absolute atomic E-state index is 0.0353. The first-order valence-electron chi connectivity index (χ1n) is 6.43. The topological polar surface area (TPSA) is 89.9 Å². The zero-order valence-corrected chi connectivity index (χ0v) is 11.5. The lowest BCUT2D eigenvalue weighted by molar-refractivity contribution is -0.141. The number of amides is 2. The minimum atomic E-state index is -1.10. The lowest BCUT2D eigenvalue weighted by atomic mass is 10.1. The average molecular weight is 278 g/mol. The Kier molecular flexibility index (Phi) is 3.94. The van der Waals surface area contributed by atoms with Gasteiger partial charge in [-0.3, -0.25) is 0 Å². The van der Waals surface area contributed by atoms with E-state index in [-0.39, 0.29) is 13.0 Å². The molecule has 0 saturated carbocycles. The third kappa shape index (κ3) is 3.08. The summed E-state index contributed by atoms with van der Waals surface area (Å²) < 4.78 is 0. The van der Waals surface area contributed by atoms with Crippen LogP contribution >= 0.6 is 0 Å². The zero-order chi connectivity index (χ0) is 14.9. The highest BCUT2D eigenvalue weighted by Crippen LogP contribution is 2.20. The fraction of sp³-hybridized carbons (Fsp3) is 0.429. The Balaban J connectivity index is 2.13. The van der Waals surface area contributed by atoms with E-state index >= 15 is 0 Å². The van der Waals surface area contributed by atoms with Gasteiger partial charge >= 0.3 is 12.0 Å². The number of benzene rings is 1. The van der Waals surface area contributed by atoms with Crippen LogP contribution in [0.3, 0.4) is 0 Å². The molecule has 2 rings (SSSR count). The highest BCUT2D eigenvalue weighted by Gasteiger charge is 2.38. The summed E-state index contributed by atoms with van der Waals surface area (Å²) in [4.78, 5) is 24.4. The second-order valence-corrected chi connectivity index (χ2v) is 5.20. The van der Waals surface area contributed by atoms with Crippen molar-refractivity contribution < 1.29 is 19.8 Å². The molecular formula is C14H18N2O4. The molecule has 20 heavy (non-hydrogen) atoms. The SMILES string of the molecule is Cc1cc(C)cc(NC(=O)N2C[C@@H](O)C[C@H]2C(=O)O)c1. The molecule has 1 saturated heterocycles. The second kappa shape index (κ2) is 5.50. The molecule has 3 N–H and O–H groups in total. The Bertz CT molecular complexity index is 524. The summed E-state index contributed by atoms with van der Waals surface area (Å²) in [7, 11) is 0. The number of likely N-dealkylation sites (tertiary alicyclic amines) is 1. The quantitative estimate of drug-likeness (QED) is 0.762. The summed E-state index contributed by atoms with van der Waals surface area (Å²) in [5.41, 5.74) is 2.64.